The summed E-state index contributed by atoms with van der Waals surface area (Å²) in [4.78, 5) is 0. The molecule has 0 saturated carbocycles. The van der Waals surface area contributed by atoms with Crippen molar-refractivity contribution in [2.75, 3.05) is 13.1 Å². The van der Waals surface area contributed by atoms with Crippen molar-refractivity contribution in [3.05, 3.63) is 33.3 Å². The van der Waals surface area contributed by atoms with Crippen LogP contribution in [0, 0.1) is 5.41 Å². The van der Waals surface area contributed by atoms with Gasteiger partial charge in [0.2, 0.25) is 0 Å². The van der Waals surface area contributed by atoms with E-state index in [1.54, 1.807) is 0 Å². The maximum atomic E-state index is 6.17. The Hall–Kier alpha value is -0.0500. The van der Waals surface area contributed by atoms with Crippen LogP contribution >= 0.6 is 27.5 Å². The Bertz CT molecular complexity index is 347. The highest BCUT2D eigenvalue weighted by atomic mass is 79.9. The van der Waals surface area contributed by atoms with Crippen LogP contribution in [0.4, 0.5) is 0 Å². The van der Waals surface area contributed by atoms with Crippen molar-refractivity contribution in [2.45, 2.75) is 13.3 Å². The molecule has 2 rings (SSSR count). The van der Waals surface area contributed by atoms with Gasteiger partial charge in [0.1, 0.15) is 0 Å². The first kappa shape index (κ1) is 10.5. The van der Waals surface area contributed by atoms with Crippen LogP contribution in [0.25, 0.3) is 0 Å². The van der Waals surface area contributed by atoms with E-state index in [1.807, 2.05) is 6.07 Å². The highest BCUT2D eigenvalue weighted by Crippen LogP contribution is 2.31. The van der Waals surface area contributed by atoms with Crippen molar-refractivity contribution in [2.24, 2.45) is 5.41 Å². The average molecular weight is 275 g/mol. The van der Waals surface area contributed by atoms with Crippen LogP contribution in [0.1, 0.15) is 12.5 Å². The van der Waals surface area contributed by atoms with E-state index >= 15 is 0 Å². The third kappa shape index (κ3) is 2.13. The normalized spacial score (nSPS) is 19.1. The van der Waals surface area contributed by atoms with Crippen molar-refractivity contribution in [1.82, 2.24) is 5.32 Å². The first-order valence-corrected chi connectivity index (χ1v) is 5.91. The molecule has 1 heterocycles. The van der Waals surface area contributed by atoms with Gasteiger partial charge >= 0.3 is 0 Å². The second-order valence-corrected chi connectivity index (χ2v) is 5.65. The lowest BCUT2D eigenvalue weighted by Crippen LogP contribution is -2.52. The lowest BCUT2D eigenvalue weighted by molar-refractivity contribution is 0.195. The van der Waals surface area contributed by atoms with Crippen LogP contribution in [-0.4, -0.2) is 13.1 Å². The molecule has 0 aromatic heterocycles. The van der Waals surface area contributed by atoms with Crippen molar-refractivity contribution < 1.29 is 0 Å². The minimum Gasteiger partial charge on any atom is -0.316 e. The topological polar surface area (TPSA) is 12.0 Å². The summed E-state index contributed by atoms with van der Waals surface area (Å²) in [5, 5.41) is 4.17. The second kappa shape index (κ2) is 3.84. The number of halogens is 2. The van der Waals surface area contributed by atoms with E-state index in [4.69, 9.17) is 11.6 Å². The Morgan fingerprint density at radius 2 is 2.21 bits per heavy atom. The van der Waals surface area contributed by atoms with Gasteiger partial charge in [0.05, 0.1) is 0 Å². The van der Waals surface area contributed by atoms with Crippen LogP contribution < -0.4 is 5.32 Å². The molecule has 1 aromatic rings. The summed E-state index contributed by atoms with van der Waals surface area (Å²) in [7, 11) is 0. The highest BCUT2D eigenvalue weighted by molar-refractivity contribution is 9.10. The number of nitrogens with one attached hydrogen (secondary N) is 1. The maximum Gasteiger partial charge on any atom is 0.0449 e. The molecule has 3 heteroatoms. The Balaban J connectivity index is 2.16. The fourth-order valence-electron chi connectivity index (χ4n) is 1.80. The van der Waals surface area contributed by atoms with E-state index in [1.165, 1.54) is 5.56 Å². The molecular weight excluding hydrogens is 261 g/mol. The first-order valence-electron chi connectivity index (χ1n) is 4.74. The van der Waals surface area contributed by atoms with Gasteiger partial charge in [-0.3, -0.25) is 0 Å². The molecule has 0 spiro atoms. The van der Waals surface area contributed by atoms with E-state index in [0.717, 1.165) is 29.0 Å². The summed E-state index contributed by atoms with van der Waals surface area (Å²) in [6.07, 6.45) is 1.06. The Labute approximate surface area is 98.0 Å². The molecule has 1 nitrogen and oxygen atoms in total. The molecule has 0 unspecified atom stereocenters. The van der Waals surface area contributed by atoms with Gasteiger partial charge in [-0.2, -0.15) is 0 Å². The van der Waals surface area contributed by atoms with Crippen molar-refractivity contribution in [1.29, 1.82) is 0 Å². The van der Waals surface area contributed by atoms with Gasteiger partial charge < -0.3 is 5.32 Å². The number of hydrogen-bond donors (Lipinski definition) is 1. The molecule has 1 saturated heterocycles. The van der Waals surface area contributed by atoms with Crippen LogP contribution in [-0.2, 0) is 6.42 Å². The van der Waals surface area contributed by atoms with Gasteiger partial charge in [-0.25, -0.2) is 0 Å². The average Bonchev–Trinajstić information content (AvgIpc) is 2.07. The summed E-state index contributed by atoms with van der Waals surface area (Å²) in [6.45, 7) is 4.49. The highest BCUT2D eigenvalue weighted by Gasteiger charge is 2.31. The van der Waals surface area contributed by atoms with E-state index < -0.39 is 0 Å². The van der Waals surface area contributed by atoms with Crippen LogP contribution in [0.15, 0.2) is 22.7 Å². The summed E-state index contributed by atoms with van der Waals surface area (Å²) < 4.78 is 1.04. The monoisotopic (exact) mass is 273 g/mol. The smallest absolute Gasteiger partial charge is 0.0449 e. The summed E-state index contributed by atoms with van der Waals surface area (Å²) in [5.74, 6) is 0. The molecule has 0 radical (unpaired) electrons. The van der Waals surface area contributed by atoms with Gasteiger partial charge in [0, 0.05) is 22.6 Å². The Morgan fingerprint density at radius 3 is 2.71 bits per heavy atom. The van der Waals surface area contributed by atoms with E-state index in [-0.39, 0.29) is 0 Å². The minimum atomic E-state index is 0.400. The molecule has 14 heavy (non-hydrogen) atoms. The van der Waals surface area contributed by atoms with Gasteiger partial charge in [-0.1, -0.05) is 40.5 Å². The molecule has 1 N–H and O–H groups in total. The van der Waals surface area contributed by atoms with Gasteiger partial charge in [0.25, 0.3) is 0 Å². The summed E-state index contributed by atoms with van der Waals surface area (Å²) >= 11 is 9.58. The largest absolute Gasteiger partial charge is 0.316 e. The van der Waals surface area contributed by atoms with E-state index in [2.05, 4.69) is 40.3 Å². The molecule has 1 aromatic carbocycles. The Morgan fingerprint density at radius 1 is 1.50 bits per heavy atom. The molecule has 76 valence electrons. The molecule has 0 bridgehead atoms. The predicted octanol–water partition coefficient (Wildman–Crippen LogP) is 3.25. The van der Waals surface area contributed by atoms with Crippen LogP contribution in [0.2, 0.25) is 5.02 Å². The third-order valence-corrected chi connectivity index (χ3v) is 3.58. The zero-order valence-electron chi connectivity index (χ0n) is 8.11. The molecule has 0 atom stereocenters. The lowest BCUT2D eigenvalue weighted by Gasteiger charge is -2.39. The van der Waals surface area contributed by atoms with E-state index in [9.17, 15) is 0 Å². The third-order valence-electron chi connectivity index (χ3n) is 2.74. The Kier molecular flexibility index (Phi) is 2.87. The minimum absolute atomic E-state index is 0.400. The van der Waals surface area contributed by atoms with Gasteiger partial charge in [-0.05, 0) is 29.5 Å². The fourth-order valence-corrected chi connectivity index (χ4v) is 2.54. The summed E-state index contributed by atoms with van der Waals surface area (Å²) in [6, 6.07) is 6.12. The molecule has 0 amide bonds. The molecule has 1 aliphatic heterocycles. The lowest BCUT2D eigenvalue weighted by atomic mass is 9.78. The van der Waals surface area contributed by atoms with Crippen LogP contribution in [0.5, 0.6) is 0 Å². The SMILES string of the molecule is CC1(Cc2ccc(Br)cc2Cl)CNC1. The van der Waals surface area contributed by atoms with Crippen molar-refractivity contribution in [3.8, 4) is 0 Å². The zero-order chi connectivity index (χ0) is 10.2. The number of hydrogen-bond acceptors (Lipinski definition) is 1. The van der Waals surface area contributed by atoms with E-state index in [0.29, 0.717) is 5.41 Å². The second-order valence-electron chi connectivity index (χ2n) is 4.33. The number of rotatable bonds is 2. The molecule has 1 aliphatic rings. The van der Waals surface area contributed by atoms with Gasteiger partial charge in [-0.15, -0.1) is 0 Å². The maximum absolute atomic E-state index is 6.17. The zero-order valence-corrected chi connectivity index (χ0v) is 10.5. The molecule has 0 aliphatic carbocycles. The molecule has 1 fully saturated rings. The number of benzene rings is 1. The van der Waals surface area contributed by atoms with Crippen molar-refractivity contribution >= 4 is 27.5 Å². The summed E-state index contributed by atoms with van der Waals surface area (Å²) in [5.41, 5.74) is 1.65. The van der Waals surface area contributed by atoms with Crippen LogP contribution in [0.3, 0.4) is 0 Å². The predicted molar refractivity (Wildman–Crippen MR) is 63.8 cm³/mol. The quantitative estimate of drug-likeness (QED) is 0.873. The fraction of sp³-hybridized carbons (Fsp3) is 0.455. The standard InChI is InChI=1S/C11H13BrClN/c1-11(6-14-7-11)5-8-2-3-9(12)4-10(8)13/h2-4,14H,5-7H2,1H3. The van der Waals surface area contributed by atoms with Crippen molar-refractivity contribution in [3.63, 3.8) is 0 Å². The molecular formula is C11H13BrClN. The first-order chi connectivity index (χ1) is 6.59. The van der Waals surface area contributed by atoms with Gasteiger partial charge in [0.15, 0.2) is 0 Å².